The van der Waals surface area contributed by atoms with E-state index in [2.05, 4.69) is 42.6 Å². The van der Waals surface area contributed by atoms with Crippen molar-refractivity contribution in [2.24, 2.45) is 0 Å². The third-order valence-electron chi connectivity index (χ3n) is 4.63. The highest BCUT2D eigenvalue weighted by atomic mass is 19.1. The van der Waals surface area contributed by atoms with Crippen molar-refractivity contribution < 1.29 is 9.13 Å². The molecule has 0 spiro atoms. The van der Waals surface area contributed by atoms with E-state index in [9.17, 15) is 4.39 Å². The van der Waals surface area contributed by atoms with Gasteiger partial charge in [0.05, 0.1) is 0 Å². The first-order valence-corrected chi connectivity index (χ1v) is 9.50. The molecular formula is C24H26FNO. The molecule has 0 saturated carbocycles. The van der Waals surface area contributed by atoms with Gasteiger partial charge in [-0.25, -0.2) is 4.39 Å². The van der Waals surface area contributed by atoms with Crippen molar-refractivity contribution in [3.8, 4) is 5.75 Å². The normalized spacial score (nSPS) is 11.9. The van der Waals surface area contributed by atoms with Crippen LogP contribution in [0.4, 0.5) is 4.39 Å². The van der Waals surface area contributed by atoms with E-state index in [1.54, 1.807) is 12.1 Å². The van der Waals surface area contributed by atoms with Crippen LogP contribution >= 0.6 is 0 Å². The highest BCUT2D eigenvalue weighted by Gasteiger charge is 2.11. The SMILES string of the molecule is CCCC(NCc1ccccc1OCc1ccccc1F)c1ccccc1. The van der Waals surface area contributed by atoms with Gasteiger partial charge in [-0.2, -0.15) is 0 Å². The lowest BCUT2D eigenvalue weighted by Crippen LogP contribution is -2.21. The second kappa shape index (κ2) is 9.89. The van der Waals surface area contributed by atoms with Crippen LogP contribution in [0.1, 0.15) is 42.5 Å². The van der Waals surface area contributed by atoms with E-state index in [0.29, 0.717) is 18.2 Å². The molecule has 0 aromatic heterocycles. The predicted octanol–water partition coefficient (Wildman–Crippen LogP) is 6.04. The number of nitrogens with one attached hydrogen (secondary N) is 1. The number of rotatable bonds is 9. The van der Waals surface area contributed by atoms with E-state index in [1.807, 2.05) is 30.3 Å². The fourth-order valence-electron chi connectivity index (χ4n) is 3.16. The van der Waals surface area contributed by atoms with Crippen LogP contribution in [-0.2, 0) is 13.2 Å². The van der Waals surface area contributed by atoms with Crippen LogP contribution in [0.5, 0.6) is 5.75 Å². The molecule has 1 atom stereocenters. The Hall–Kier alpha value is -2.65. The Morgan fingerprint density at radius 2 is 1.52 bits per heavy atom. The first kappa shape index (κ1) is 19.1. The van der Waals surface area contributed by atoms with E-state index in [1.165, 1.54) is 11.6 Å². The fourth-order valence-corrected chi connectivity index (χ4v) is 3.16. The summed E-state index contributed by atoms with van der Waals surface area (Å²) in [5.41, 5.74) is 2.93. The molecule has 0 amide bonds. The highest BCUT2D eigenvalue weighted by molar-refractivity contribution is 5.34. The molecule has 0 saturated heterocycles. The lowest BCUT2D eigenvalue weighted by Gasteiger charge is -2.20. The molecule has 140 valence electrons. The van der Waals surface area contributed by atoms with Crippen molar-refractivity contribution in [1.82, 2.24) is 5.32 Å². The summed E-state index contributed by atoms with van der Waals surface area (Å²) in [7, 11) is 0. The van der Waals surface area contributed by atoms with Gasteiger partial charge >= 0.3 is 0 Å². The Morgan fingerprint density at radius 1 is 0.852 bits per heavy atom. The van der Waals surface area contributed by atoms with Crippen molar-refractivity contribution in [1.29, 1.82) is 0 Å². The molecule has 27 heavy (non-hydrogen) atoms. The molecule has 1 unspecified atom stereocenters. The third kappa shape index (κ3) is 5.41. The summed E-state index contributed by atoms with van der Waals surface area (Å²) in [4.78, 5) is 0. The minimum absolute atomic E-state index is 0.223. The maximum Gasteiger partial charge on any atom is 0.129 e. The smallest absolute Gasteiger partial charge is 0.129 e. The van der Waals surface area contributed by atoms with E-state index in [0.717, 1.165) is 24.2 Å². The molecule has 3 aromatic carbocycles. The van der Waals surface area contributed by atoms with E-state index in [-0.39, 0.29) is 12.4 Å². The van der Waals surface area contributed by atoms with Gasteiger partial charge in [0.25, 0.3) is 0 Å². The van der Waals surface area contributed by atoms with Crippen LogP contribution in [0.15, 0.2) is 78.9 Å². The van der Waals surface area contributed by atoms with Gasteiger partial charge in [0.2, 0.25) is 0 Å². The Kier molecular flexibility index (Phi) is 7.00. The van der Waals surface area contributed by atoms with Gasteiger partial charge in [-0.3, -0.25) is 0 Å². The molecule has 1 N–H and O–H groups in total. The molecule has 2 nitrogen and oxygen atoms in total. The van der Waals surface area contributed by atoms with Crippen molar-refractivity contribution in [2.75, 3.05) is 0 Å². The first-order valence-electron chi connectivity index (χ1n) is 9.50. The highest BCUT2D eigenvalue weighted by Crippen LogP contribution is 2.23. The standard InChI is InChI=1S/C24H26FNO/c1-2-10-23(19-11-4-3-5-12-19)26-17-20-13-7-9-16-24(20)27-18-21-14-6-8-15-22(21)25/h3-9,11-16,23,26H,2,10,17-18H2,1H3. The summed E-state index contributed by atoms with van der Waals surface area (Å²) >= 11 is 0. The van der Waals surface area contributed by atoms with Gasteiger partial charge in [0, 0.05) is 23.7 Å². The molecular weight excluding hydrogens is 337 g/mol. The molecule has 0 bridgehead atoms. The molecule has 0 aliphatic carbocycles. The molecule has 3 heteroatoms. The van der Waals surface area contributed by atoms with Crippen LogP contribution < -0.4 is 10.1 Å². The quantitative estimate of drug-likeness (QED) is 0.501. The average molecular weight is 363 g/mol. The zero-order valence-corrected chi connectivity index (χ0v) is 15.7. The lowest BCUT2D eigenvalue weighted by molar-refractivity contribution is 0.295. The fraction of sp³-hybridized carbons (Fsp3) is 0.250. The molecule has 0 aliphatic rings. The summed E-state index contributed by atoms with van der Waals surface area (Å²) in [6.45, 7) is 3.12. The summed E-state index contributed by atoms with van der Waals surface area (Å²) in [5, 5.41) is 3.65. The number of hydrogen-bond acceptors (Lipinski definition) is 2. The van der Waals surface area contributed by atoms with E-state index < -0.39 is 0 Å². The van der Waals surface area contributed by atoms with Crippen molar-refractivity contribution in [3.63, 3.8) is 0 Å². The third-order valence-corrected chi connectivity index (χ3v) is 4.63. The first-order chi connectivity index (χ1) is 13.3. The van der Waals surface area contributed by atoms with Crippen molar-refractivity contribution in [3.05, 3.63) is 101 Å². The number of para-hydroxylation sites is 1. The lowest BCUT2D eigenvalue weighted by atomic mass is 10.0. The minimum atomic E-state index is -0.236. The zero-order chi connectivity index (χ0) is 18.9. The largest absolute Gasteiger partial charge is 0.488 e. The van der Waals surface area contributed by atoms with Gasteiger partial charge in [0.15, 0.2) is 0 Å². The second-order valence-corrected chi connectivity index (χ2v) is 6.62. The molecule has 0 fully saturated rings. The monoisotopic (exact) mass is 363 g/mol. The molecule has 3 aromatic rings. The van der Waals surface area contributed by atoms with E-state index in [4.69, 9.17) is 4.74 Å². The van der Waals surface area contributed by atoms with Crippen LogP contribution in [0, 0.1) is 5.82 Å². The Bertz CT molecular complexity index is 835. The molecule has 0 aliphatic heterocycles. The summed E-state index contributed by atoms with van der Waals surface area (Å²) in [5.74, 6) is 0.553. The molecule has 3 rings (SSSR count). The van der Waals surface area contributed by atoms with Crippen molar-refractivity contribution >= 4 is 0 Å². The maximum absolute atomic E-state index is 13.8. The summed E-state index contributed by atoms with van der Waals surface area (Å²) in [6.07, 6.45) is 2.18. The van der Waals surface area contributed by atoms with Gasteiger partial charge in [0.1, 0.15) is 18.2 Å². The molecule has 0 heterocycles. The second-order valence-electron chi connectivity index (χ2n) is 6.62. The maximum atomic E-state index is 13.8. The van der Waals surface area contributed by atoms with Gasteiger partial charge in [-0.05, 0) is 24.1 Å². The Labute approximate surface area is 161 Å². The van der Waals surface area contributed by atoms with Gasteiger partial charge in [-0.15, -0.1) is 0 Å². The average Bonchev–Trinajstić information content (AvgIpc) is 2.72. The molecule has 0 radical (unpaired) electrons. The van der Waals surface area contributed by atoms with Crippen LogP contribution in [0.3, 0.4) is 0 Å². The summed E-state index contributed by atoms with van der Waals surface area (Å²) < 4.78 is 19.7. The van der Waals surface area contributed by atoms with Gasteiger partial charge in [-0.1, -0.05) is 80.1 Å². The number of benzene rings is 3. The van der Waals surface area contributed by atoms with Crippen LogP contribution in [0.2, 0.25) is 0 Å². The Morgan fingerprint density at radius 3 is 2.26 bits per heavy atom. The number of hydrogen-bond donors (Lipinski definition) is 1. The zero-order valence-electron chi connectivity index (χ0n) is 15.7. The predicted molar refractivity (Wildman–Crippen MR) is 108 cm³/mol. The number of ether oxygens (including phenoxy) is 1. The Balaban J connectivity index is 1.67. The van der Waals surface area contributed by atoms with Gasteiger partial charge < -0.3 is 10.1 Å². The van der Waals surface area contributed by atoms with Crippen LogP contribution in [0.25, 0.3) is 0 Å². The summed E-state index contributed by atoms with van der Waals surface area (Å²) in [6, 6.07) is 25.5. The topological polar surface area (TPSA) is 21.3 Å². The van der Waals surface area contributed by atoms with Crippen molar-refractivity contribution in [2.45, 2.75) is 39.0 Å². The van der Waals surface area contributed by atoms with E-state index >= 15 is 0 Å². The number of halogens is 1. The van der Waals surface area contributed by atoms with Crippen LogP contribution in [-0.4, -0.2) is 0 Å². The minimum Gasteiger partial charge on any atom is -0.488 e.